The highest BCUT2D eigenvalue weighted by molar-refractivity contribution is 5.55. The molecule has 2 aromatic carbocycles. The predicted octanol–water partition coefficient (Wildman–Crippen LogP) is 3.67. The monoisotopic (exact) mass is 284 g/mol. The minimum absolute atomic E-state index is 0.159. The van der Waals surface area contributed by atoms with E-state index in [0.717, 1.165) is 16.9 Å². The fraction of sp³-hybridized carbons (Fsp3) is 0.222. The zero-order valence-electron chi connectivity index (χ0n) is 12.2. The predicted molar refractivity (Wildman–Crippen MR) is 84.5 cm³/mol. The van der Waals surface area contributed by atoms with Gasteiger partial charge in [0.2, 0.25) is 0 Å². The third-order valence-corrected chi connectivity index (χ3v) is 3.03. The average Bonchev–Trinajstić information content (AvgIpc) is 2.54. The summed E-state index contributed by atoms with van der Waals surface area (Å²) in [5.74, 6) is 1.43. The standard InChI is InChI=1S/C18H20O3/c1-20-18-13-15(7-5-6-12-19)10-11-17(18)21-14-16-8-3-2-4-9-16/h2-5,7-11,13,19H,6,12,14H2,1H3. The van der Waals surface area contributed by atoms with Gasteiger partial charge in [0.25, 0.3) is 0 Å². The van der Waals surface area contributed by atoms with Gasteiger partial charge in [-0.25, -0.2) is 0 Å². The Morgan fingerprint density at radius 3 is 2.57 bits per heavy atom. The Balaban J connectivity index is 2.05. The van der Waals surface area contributed by atoms with E-state index in [1.165, 1.54) is 0 Å². The Kier molecular flexibility index (Phi) is 5.85. The quantitative estimate of drug-likeness (QED) is 0.843. The molecule has 0 spiro atoms. The molecule has 0 aliphatic carbocycles. The maximum Gasteiger partial charge on any atom is 0.161 e. The molecule has 0 fully saturated rings. The normalized spacial score (nSPS) is 10.8. The zero-order valence-corrected chi connectivity index (χ0v) is 12.2. The van der Waals surface area contributed by atoms with Gasteiger partial charge in [-0.15, -0.1) is 0 Å². The molecule has 2 rings (SSSR count). The van der Waals surface area contributed by atoms with Gasteiger partial charge in [-0.3, -0.25) is 0 Å². The van der Waals surface area contributed by atoms with Gasteiger partial charge in [0, 0.05) is 6.61 Å². The lowest BCUT2D eigenvalue weighted by Gasteiger charge is -2.11. The largest absolute Gasteiger partial charge is 0.493 e. The number of aliphatic hydroxyl groups excluding tert-OH is 1. The van der Waals surface area contributed by atoms with E-state index in [0.29, 0.717) is 18.8 Å². The van der Waals surface area contributed by atoms with Crippen LogP contribution in [-0.4, -0.2) is 18.8 Å². The van der Waals surface area contributed by atoms with Gasteiger partial charge >= 0.3 is 0 Å². The Hall–Kier alpha value is -2.26. The van der Waals surface area contributed by atoms with Crippen molar-refractivity contribution in [3.05, 3.63) is 65.7 Å². The summed E-state index contributed by atoms with van der Waals surface area (Å²) in [5, 5.41) is 8.77. The first kappa shape index (κ1) is 15.1. The van der Waals surface area contributed by atoms with E-state index in [9.17, 15) is 0 Å². The second kappa shape index (κ2) is 8.12. The van der Waals surface area contributed by atoms with Crippen molar-refractivity contribution in [1.82, 2.24) is 0 Å². The van der Waals surface area contributed by atoms with Crippen LogP contribution in [0.1, 0.15) is 17.5 Å². The van der Waals surface area contributed by atoms with Crippen LogP contribution in [0, 0.1) is 0 Å². The van der Waals surface area contributed by atoms with Gasteiger partial charge < -0.3 is 14.6 Å². The molecule has 0 bridgehead atoms. The number of ether oxygens (including phenoxy) is 2. The molecule has 0 unspecified atom stereocenters. The minimum Gasteiger partial charge on any atom is -0.493 e. The van der Waals surface area contributed by atoms with Crippen molar-refractivity contribution in [3.8, 4) is 11.5 Å². The molecule has 2 aromatic rings. The second-order valence-corrected chi connectivity index (χ2v) is 4.60. The maximum absolute atomic E-state index is 8.77. The van der Waals surface area contributed by atoms with Crippen LogP contribution in [0.3, 0.4) is 0 Å². The zero-order chi connectivity index (χ0) is 14.9. The summed E-state index contributed by atoms with van der Waals surface area (Å²) >= 11 is 0. The molecular formula is C18H20O3. The van der Waals surface area contributed by atoms with E-state index in [1.54, 1.807) is 7.11 Å². The van der Waals surface area contributed by atoms with Crippen LogP contribution in [0.4, 0.5) is 0 Å². The van der Waals surface area contributed by atoms with Crippen LogP contribution in [0.5, 0.6) is 11.5 Å². The van der Waals surface area contributed by atoms with Crippen molar-refractivity contribution in [1.29, 1.82) is 0 Å². The minimum atomic E-state index is 0.159. The van der Waals surface area contributed by atoms with Gasteiger partial charge in [-0.2, -0.15) is 0 Å². The molecule has 1 N–H and O–H groups in total. The molecule has 0 radical (unpaired) electrons. The SMILES string of the molecule is COc1cc(C=CCCO)ccc1OCc1ccccc1. The van der Waals surface area contributed by atoms with Gasteiger partial charge in [0.1, 0.15) is 6.61 Å². The lowest BCUT2D eigenvalue weighted by atomic mass is 10.1. The molecule has 0 atom stereocenters. The Bertz CT molecular complexity index is 576. The second-order valence-electron chi connectivity index (χ2n) is 4.60. The fourth-order valence-electron chi connectivity index (χ4n) is 1.94. The van der Waals surface area contributed by atoms with Gasteiger partial charge in [0.15, 0.2) is 11.5 Å². The molecular weight excluding hydrogens is 264 g/mol. The third kappa shape index (κ3) is 4.65. The van der Waals surface area contributed by atoms with E-state index in [-0.39, 0.29) is 6.61 Å². The third-order valence-electron chi connectivity index (χ3n) is 3.03. The number of hydrogen-bond acceptors (Lipinski definition) is 3. The molecule has 0 aliphatic rings. The molecule has 3 heteroatoms. The van der Waals surface area contributed by atoms with Crippen molar-refractivity contribution in [2.24, 2.45) is 0 Å². The summed E-state index contributed by atoms with van der Waals surface area (Å²) in [4.78, 5) is 0. The fourth-order valence-corrected chi connectivity index (χ4v) is 1.94. The number of hydrogen-bond donors (Lipinski definition) is 1. The number of rotatable bonds is 7. The van der Waals surface area contributed by atoms with Crippen LogP contribution in [0.15, 0.2) is 54.6 Å². The van der Waals surface area contributed by atoms with Crippen molar-refractivity contribution in [3.63, 3.8) is 0 Å². The van der Waals surface area contributed by atoms with E-state index in [4.69, 9.17) is 14.6 Å². The van der Waals surface area contributed by atoms with Crippen molar-refractivity contribution >= 4 is 6.08 Å². The molecule has 0 saturated heterocycles. The van der Waals surface area contributed by atoms with Gasteiger partial charge in [0.05, 0.1) is 7.11 Å². The molecule has 21 heavy (non-hydrogen) atoms. The Labute approximate surface area is 125 Å². The molecule has 0 saturated carbocycles. The first-order chi connectivity index (χ1) is 10.3. The van der Waals surface area contributed by atoms with Crippen molar-refractivity contribution in [2.75, 3.05) is 13.7 Å². The Morgan fingerprint density at radius 2 is 1.86 bits per heavy atom. The topological polar surface area (TPSA) is 38.7 Å². The van der Waals surface area contributed by atoms with Gasteiger partial charge in [-0.05, 0) is 29.7 Å². The highest BCUT2D eigenvalue weighted by atomic mass is 16.5. The lowest BCUT2D eigenvalue weighted by Crippen LogP contribution is -1.97. The molecule has 0 heterocycles. The highest BCUT2D eigenvalue weighted by Gasteiger charge is 2.05. The molecule has 0 aliphatic heterocycles. The molecule has 0 aromatic heterocycles. The summed E-state index contributed by atoms with van der Waals surface area (Å²) in [5.41, 5.74) is 2.14. The molecule has 0 amide bonds. The Morgan fingerprint density at radius 1 is 1.05 bits per heavy atom. The first-order valence-electron chi connectivity index (χ1n) is 6.95. The molecule has 110 valence electrons. The summed E-state index contributed by atoms with van der Waals surface area (Å²) < 4.78 is 11.2. The average molecular weight is 284 g/mol. The summed E-state index contributed by atoms with van der Waals surface area (Å²) in [6, 6.07) is 15.8. The van der Waals surface area contributed by atoms with E-state index < -0.39 is 0 Å². The number of aliphatic hydroxyl groups is 1. The van der Waals surface area contributed by atoms with Crippen molar-refractivity contribution < 1.29 is 14.6 Å². The maximum atomic E-state index is 8.77. The van der Waals surface area contributed by atoms with Crippen LogP contribution in [0.2, 0.25) is 0 Å². The van der Waals surface area contributed by atoms with Crippen molar-refractivity contribution in [2.45, 2.75) is 13.0 Å². The van der Waals surface area contributed by atoms with Gasteiger partial charge in [-0.1, -0.05) is 48.6 Å². The first-order valence-corrected chi connectivity index (χ1v) is 6.95. The highest BCUT2D eigenvalue weighted by Crippen LogP contribution is 2.29. The van der Waals surface area contributed by atoms with Crippen LogP contribution < -0.4 is 9.47 Å². The summed E-state index contributed by atoms with van der Waals surface area (Å²) in [7, 11) is 1.63. The van der Waals surface area contributed by atoms with Crippen LogP contribution in [0.25, 0.3) is 6.08 Å². The van der Waals surface area contributed by atoms with E-state index in [2.05, 4.69) is 0 Å². The van der Waals surface area contributed by atoms with E-state index in [1.807, 2.05) is 60.7 Å². The number of benzene rings is 2. The molecule has 3 nitrogen and oxygen atoms in total. The summed E-state index contributed by atoms with van der Waals surface area (Å²) in [6.45, 7) is 0.669. The summed E-state index contributed by atoms with van der Waals surface area (Å²) in [6.07, 6.45) is 4.54. The van der Waals surface area contributed by atoms with E-state index >= 15 is 0 Å². The lowest BCUT2D eigenvalue weighted by molar-refractivity contribution is 0.284. The number of methoxy groups -OCH3 is 1. The smallest absolute Gasteiger partial charge is 0.161 e. The van der Waals surface area contributed by atoms with Crippen LogP contribution in [-0.2, 0) is 6.61 Å². The van der Waals surface area contributed by atoms with Crippen LogP contribution >= 0.6 is 0 Å².